The fourth-order valence-corrected chi connectivity index (χ4v) is 4.43. The predicted molar refractivity (Wildman–Crippen MR) is 138 cm³/mol. The lowest BCUT2D eigenvalue weighted by molar-refractivity contribution is 0.506. The summed E-state index contributed by atoms with van der Waals surface area (Å²) in [6.07, 6.45) is 11.1. The predicted octanol–water partition coefficient (Wildman–Crippen LogP) is 5.89. The molecule has 4 nitrogen and oxygen atoms in total. The Kier molecular flexibility index (Phi) is 9.16. The summed E-state index contributed by atoms with van der Waals surface area (Å²) in [6, 6.07) is 13.5. The highest BCUT2D eigenvalue weighted by molar-refractivity contribution is 5.66. The largest absolute Gasteiger partial charge is 0.385 e. The molecular formula is C28H42N4. The van der Waals surface area contributed by atoms with Crippen molar-refractivity contribution in [2.24, 2.45) is 0 Å². The van der Waals surface area contributed by atoms with Crippen LogP contribution in [0.15, 0.2) is 48.7 Å². The van der Waals surface area contributed by atoms with Gasteiger partial charge in [0, 0.05) is 42.6 Å². The molecule has 1 aromatic heterocycles. The fraction of sp³-hybridized carbons (Fsp3) is 0.536. The van der Waals surface area contributed by atoms with Crippen molar-refractivity contribution in [3.63, 3.8) is 0 Å². The number of anilines is 1. The molecule has 2 N–H and O–H groups in total. The van der Waals surface area contributed by atoms with Crippen LogP contribution in [0, 0.1) is 0 Å². The highest BCUT2D eigenvalue weighted by Crippen LogP contribution is 2.45. The van der Waals surface area contributed by atoms with E-state index in [4.69, 9.17) is 0 Å². The van der Waals surface area contributed by atoms with Gasteiger partial charge in [-0.25, -0.2) is 4.98 Å². The third kappa shape index (κ3) is 6.35. The molecule has 0 amide bonds. The quantitative estimate of drug-likeness (QED) is 0.364. The van der Waals surface area contributed by atoms with Crippen molar-refractivity contribution >= 4 is 11.5 Å². The summed E-state index contributed by atoms with van der Waals surface area (Å²) in [4.78, 5) is 7.03. The molecule has 4 heteroatoms. The van der Waals surface area contributed by atoms with Gasteiger partial charge in [-0.2, -0.15) is 0 Å². The Balaban J connectivity index is 1.50. The van der Waals surface area contributed by atoms with Gasteiger partial charge >= 0.3 is 0 Å². The summed E-state index contributed by atoms with van der Waals surface area (Å²) < 4.78 is 0. The first-order chi connectivity index (χ1) is 15.7. The lowest BCUT2D eigenvalue weighted by Gasteiger charge is -2.23. The number of hydrogen-bond acceptors (Lipinski definition) is 4. The van der Waals surface area contributed by atoms with Crippen LogP contribution in [0.4, 0.5) is 5.82 Å². The third-order valence-corrected chi connectivity index (χ3v) is 6.43. The van der Waals surface area contributed by atoms with Crippen molar-refractivity contribution < 1.29 is 0 Å². The Bertz CT molecular complexity index is 863. The van der Waals surface area contributed by atoms with E-state index in [1.165, 1.54) is 35.2 Å². The molecule has 1 aromatic carbocycles. The van der Waals surface area contributed by atoms with Crippen LogP contribution in [-0.4, -0.2) is 31.2 Å². The second-order valence-corrected chi connectivity index (χ2v) is 8.94. The van der Waals surface area contributed by atoms with E-state index in [1.54, 1.807) is 0 Å². The first-order valence-electron chi connectivity index (χ1n) is 12.6. The number of allylic oxidation sites excluding steroid dienone is 1. The Labute approximate surface area is 195 Å². The average molecular weight is 435 g/mol. The minimum absolute atomic E-state index is 0.219. The molecule has 3 rings (SSSR count). The number of nitrogens with one attached hydrogen (secondary N) is 2. The van der Waals surface area contributed by atoms with E-state index < -0.39 is 0 Å². The number of hydrogen-bond donors (Lipinski definition) is 2. The van der Waals surface area contributed by atoms with Crippen LogP contribution in [-0.2, 0) is 12.0 Å². The van der Waals surface area contributed by atoms with Gasteiger partial charge < -0.3 is 15.5 Å². The number of rotatable bonds is 14. The summed E-state index contributed by atoms with van der Waals surface area (Å²) in [5.74, 6) is 1.08. The normalized spacial score (nSPS) is 14.9. The molecule has 0 saturated heterocycles. The van der Waals surface area contributed by atoms with Gasteiger partial charge in [0.25, 0.3) is 0 Å². The molecule has 1 heterocycles. The number of aromatic nitrogens is 1. The second kappa shape index (κ2) is 12.1. The summed E-state index contributed by atoms with van der Waals surface area (Å²) in [5, 5.41) is 7.50. The van der Waals surface area contributed by atoms with E-state index in [-0.39, 0.29) is 5.54 Å². The van der Waals surface area contributed by atoms with Crippen molar-refractivity contribution in [2.45, 2.75) is 71.8 Å². The van der Waals surface area contributed by atoms with Crippen LogP contribution in [0.5, 0.6) is 0 Å². The van der Waals surface area contributed by atoms with Gasteiger partial charge in [0.2, 0.25) is 0 Å². The topological polar surface area (TPSA) is 40.2 Å². The molecule has 0 bridgehead atoms. The number of pyridine rings is 1. The first-order valence-corrected chi connectivity index (χ1v) is 12.6. The van der Waals surface area contributed by atoms with Gasteiger partial charge in [0.1, 0.15) is 5.82 Å². The zero-order chi connectivity index (χ0) is 22.8. The van der Waals surface area contributed by atoms with E-state index in [0.717, 1.165) is 57.7 Å². The number of benzene rings is 1. The van der Waals surface area contributed by atoms with E-state index in [2.05, 4.69) is 90.7 Å². The van der Waals surface area contributed by atoms with E-state index in [0.29, 0.717) is 0 Å². The van der Waals surface area contributed by atoms with Crippen molar-refractivity contribution in [3.05, 3.63) is 65.4 Å². The molecule has 1 aliphatic rings. The average Bonchev–Trinajstić information content (AvgIpc) is 3.62. The van der Waals surface area contributed by atoms with Crippen molar-refractivity contribution in [1.29, 1.82) is 0 Å². The van der Waals surface area contributed by atoms with Crippen molar-refractivity contribution in [1.82, 2.24) is 15.6 Å². The zero-order valence-electron chi connectivity index (χ0n) is 20.6. The minimum Gasteiger partial charge on any atom is -0.385 e. The summed E-state index contributed by atoms with van der Waals surface area (Å²) >= 11 is 0. The standard InChI is InChI=1S/C28H42N4/c1-5-19-32(20-6-2)27-22-24(13-18-30-27)26(8-4)29-16-10-17-31-28(14-15-28)25-12-9-11-23(7-3)21-25/h8-9,11-13,18,21-22,29,31H,5-7,10,14-17,19-20H2,1-4H3/b26-8+. The highest BCUT2D eigenvalue weighted by Gasteiger charge is 2.43. The molecular weight excluding hydrogens is 392 g/mol. The molecule has 0 unspecified atom stereocenters. The second-order valence-electron chi connectivity index (χ2n) is 8.94. The fourth-order valence-electron chi connectivity index (χ4n) is 4.43. The molecule has 174 valence electrons. The molecule has 2 aromatic rings. The van der Waals surface area contributed by atoms with Gasteiger partial charge in [0.15, 0.2) is 0 Å². The SMILES string of the molecule is C/C=C(/NCCCNC1(c2cccc(CC)c2)CC1)c1ccnc(N(CCC)CCC)c1. The third-order valence-electron chi connectivity index (χ3n) is 6.43. The molecule has 0 spiro atoms. The van der Waals surface area contributed by atoms with Crippen LogP contribution in [0.3, 0.4) is 0 Å². The molecule has 0 radical (unpaired) electrons. The maximum Gasteiger partial charge on any atom is 0.129 e. The highest BCUT2D eigenvalue weighted by atomic mass is 15.2. The minimum atomic E-state index is 0.219. The Morgan fingerprint density at radius 3 is 2.50 bits per heavy atom. The van der Waals surface area contributed by atoms with Crippen molar-refractivity contribution in [3.8, 4) is 0 Å². The summed E-state index contributed by atoms with van der Waals surface area (Å²) in [7, 11) is 0. The lowest BCUT2D eigenvalue weighted by atomic mass is 10.0. The zero-order valence-corrected chi connectivity index (χ0v) is 20.6. The van der Waals surface area contributed by atoms with E-state index in [1.807, 2.05) is 6.20 Å². The summed E-state index contributed by atoms with van der Waals surface area (Å²) in [6.45, 7) is 12.9. The Morgan fingerprint density at radius 1 is 1.06 bits per heavy atom. The Hall–Kier alpha value is -2.33. The smallest absolute Gasteiger partial charge is 0.129 e. The molecule has 32 heavy (non-hydrogen) atoms. The maximum absolute atomic E-state index is 4.64. The molecule has 1 aliphatic carbocycles. The van der Waals surface area contributed by atoms with Crippen LogP contribution in [0.25, 0.3) is 5.70 Å². The van der Waals surface area contributed by atoms with Gasteiger partial charge in [-0.05, 0) is 75.3 Å². The number of nitrogens with zero attached hydrogens (tertiary/aromatic N) is 2. The monoisotopic (exact) mass is 434 g/mol. The van der Waals surface area contributed by atoms with E-state index >= 15 is 0 Å². The first kappa shape index (κ1) is 24.3. The number of aryl methyl sites for hydroxylation is 1. The van der Waals surface area contributed by atoms with Crippen LogP contribution in [0.2, 0.25) is 0 Å². The van der Waals surface area contributed by atoms with Crippen LogP contribution in [0.1, 0.15) is 76.5 Å². The lowest BCUT2D eigenvalue weighted by Crippen LogP contribution is -2.31. The van der Waals surface area contributed by atoms with Gasteiger partial charge in [-0.15, -0.1) is 0 Å². The molecule has 1 fully saturated rings. The molecule has 0 atom stereocenters. The van der Waals surface area contributed by atoms with Crippen molar-refractivity contribution in [2.75, 3.05) is 31.1 Å². The van der Waals surface area contributed by atoms with E-state index in [9.17, 15) is 0 Å². The van der Waals surface area contributed by atoms with Crippen LogP contribution < -0.4 is 15.5 Å². The van der Waals surface area contributed by atoms with Crippen LogP contribution >= 0.6 is 0 Å². The molecule has 0 aliphatic heterocycles. The van der Waals surface area contributed by atoms with Gasteiger partial charge in [-0.3, -0.25) is 0 Å². The summed E-state index contributed by atoms with van der Waals surface area (Å²) in [5.41, 5.74) is 5.53. The maximum atomic E-state index is 4.64. The molecule has 1 saturated carbocycles. The van der Waals surface area contributed by atoms with Gasteiger partial charge in [-0.1, -0.05) is 51.1 Å². The Morgan fingerprint density at radius 2 is 1.84 bits per heavy atom. The van der Waals surface area contributed by atoms with Gasteiger partial charge in [0.05, 0.1) is 0 Å².